The van der Waals surface area contributed by atoms with Gasteiger partial charge in [-0.05, 0) is 43.9 Å². The molecule has 5 heteroatoms. The van der Waals surface area contributed by atoms with E-state index in [1.807, 2.05) is 0 Å². The number of carbonyl (C=O) groups excluding carboxylic acids is 1. The second kappa shape index (κ2) is 5.04. The van der Waals surface area contributed by atoms with Gasteiger partial charge in [-0.25, -0.2) is 0 Å². The molecule has 0 aliphatic carbocycles. The van der Waals surface area contributed by atoms with Crippen LogP contribution >= 0.6 is 0 Å². The quantitative estimate of drug-likeness (QED) is 0.777. The van der Waals surface area contributed by atoms with Crippen LogP contribution in [0.2, 0.25) is 0 Å². The number of piperidine rings is 2. The number of fused-ring (bicyclic) bond motifs is 2. The number of anilines is 1. The Labute approximate surface area is 121 Å². The number of Topliss-reactive ketones (excluding diaryl/α,β-unsaturated/α-hetero) is 1. The number of benzene rings is 1. The normalized spacial score (nSPS) is 26.1. The predicted molar refractivity (Wildman–Crippen MR) is 74.3 cm³/mol. The molecule has 1 aromatic carbocycles. The molecule has 21 heavy (non-hydrogen) atoms. The van der Waals surface area contributed by atoms with Crippen molar-refractivity contribution >= 4 is 11.5 Å². The molecule has 2 aliphatic rings. The van der Waals surface area contributed by atoms with Crippen LogP contribution in [0.5, 0.6) is 0 Å². The minimum atomic E-state index is -4.33. The van der Waals surface area contributed by atoms with Crippen LogP contribution in [0.15, 0.2) is 18.2 Å². The second-order valence-electron chi connectivity index (χ2n) is 6.09. The number of aryl methyl sites for hydroxylation is 1. The number of rotatable bonds is 1. The Morgan fingerprint density at radius 3 is 2.33 bits per heavy atom. The van der Waals surface area contributed by atoms with Crippen molar-refractivity contribution in [3.8, 4) is 0 Å². The van der Waals surface area contributed by atoms with Gasteiger partial charge in [-0.2, -0.15) is 13.2 Å². The lowest BCUT2D eigenvalue weighted by Gasteiger charge is -2.47. The lowest BCUT2D eigenvalue weighted by molar-refractivity contribution is -0.138. The van der Waals surface area contributed by atoms with Gasteiger partial charge >= 0.3 is 6.18 Å². The van der Waals surface area contributed by atoms with Crippen LogP contribution in [0.4, 0.5) is 18.9 Å². The number of carbonyl (C=O) groups is 1. The fraction of sp³-hybridized carbons (Fsp3) is 0.562. The number of alkyl halides is 3. The van der Waals surface area contributed by atoms with Crippen LogP contribution in [0, 0.1) is 6.92 Å². The van der Waals surface area contributed by atoms with Gasteiger partial charge in [0.1, 0.15) is 5.78 Å². The van der Waals surface area contributed by atoms with E-state index in [9.17, 15) is 18.0 Å². The van der Waals surface area contributed by atoms with Crippen molar-refractivity contribution in [2.75, 3.05) is 4.90 Å². The molecule has 2 aliphatic heterocycles. The second-order valence-corrected chi connectivity index (χ2v) is 6.09. The molecule has 2 atom stereocenters. The van der Waals surface area contributed by atoms with E-state index in [0.717, 1.165) is 19.3 Å². The Balaban J connectivity index is 1.99. The zero-order valence-electron chi connectivity index (χ0n) is 11.9. The first-order valence-corrected chi connectivity index (χ1v) is 7.34. The highest BCUT2D eigenvalue weighted by Gasteiger charge is 2.39. The molecule has 114 valence electrons. The molecule has 0 saturated carbocycles. The maximum Gasteiger partial charge on any atom is 0.416 e. The molecule has 2 unspecified atom stereocenters. The topological polar surface area (TPSA) is 20.3 Å². The van der Waals surface area contributed by atoms with Gasteiger partial charge in [0.25, 0.3) is 0 Å². The average molecular weight is 297 g/mol. The highest BCUT2D eigenvalue weighted by molar-refractivity contribution is 5.82. The van der Waals surface area contributed by atoms with Gasteiger partial charge in [-0.1, -0.05) is 6.07 Å². The maximum absolute atomic E-state index is 13.1. The van der Waals surface area contributed by atoms with Crippen molar-refractivity contribution < 1.29 is 18.0 Å². The van der Waals surface area contributed by atoms with Crippen LogP contribution in [-0.2, 0) is 11.0 Å². The van der Waals surface area contributed by atoms with Gasteiger partial charge < -0.3 is 4.90 Å². The number of hydrogen-bond acceptors (Lipinski definition) is 2. The summed E-state index contributed by atoms with van der Waals surface area (Å²) in [5, 5.41) is 0. The first kappa shape index (κ1) is 14.4. The van der Waals surface area contributed by atoms with Crippen molar-refractivity contribution in [2.45, 2.75) is 57.3 Å². The lowest BCUT2D eigenvalue weighted by Crippen LogP contribution is -2.52. The van der Waals surface area contributed by atoms with E-state index >= 15 is 0 Å². The lowest BCUT2D eigenvalue weighted by atomic mass is 9.83. The van der Waals surface area contributed by atoms with Crippen LogP contribution in [-0.4, -0.2) is 17.9 Å². The SMILES string of the molecule is Cc1ccc(N2C3CCCC2CC(=O)C3)cc1C(F)(F)F. The summed E-state index contributed by atoms with van der Waals surface area (Å²) in [4.78, 5) is 13.8. The molecule has 0 aromatic heterocycles. The zero-order valence-corrected chi connectivity index (χ0v) is 11.9. The van der Waals surface area contributed by atoms with E-state index in [-0.39, 0.29) is 23.4 Å². The molecule has 3 rings (SSSR count). The van der Waals surface area contributed by atoms with Crippen molar-refractivity contribution in [2.24, 2.45) is 0 Å². The third-order valence-electron chi connectivity index (χ3n) is 4.61. The molecule has 0 N–H and O–H groups in total. The van der Waals surface area contributed by atoms with Gasteiger partial charge in [0.15, 0.2) is 0 Å². The number of ketones is 1. The van der Waals surface area contributed by atoms with Crippen LogP contribution in [0.1, 0.15) is 43.2 Å². The monoisotopic (exact) mass is 297 g/mol. The van der Waals surface area contributed by atoms with E-state index in [4.69, 9.17) is 0 Å². The summed E-state index contributed by atoms with van der Waals surface area (Å²) in [6.45, 7) is 1.48. The summed E-state index contributed by atoms with van der Waals surface area (Å²) in [5.41, 5.74) is 0.273. The van der Waals surface area contributed by atoms with Gasteiger partial charge in [0, 0.05) is 30.6 Å². The molecular formula is C16H18F3NO. The van der Waals surface area contributed by atoms with Crippen LogP contribution in [0.25, 0.3) is 0 Å². The van der Waals surface area contributed by atoms with Crippen molar-refractivity contribution in [3.05, 3.63) is 29.3 Å². The summed E-state index contributed by atoms with van der Waals surface area (Å²) >= 11 is 0. The standard InChI is InChI=1S/C16H18F3NO/c1-10-5-6-13(9-15(10)16(17,18)19)20-11-3-2-4-12(20)8-14(21)7-11/h5-6,9,11-12H,2-4,7-8H2,1H3. The first-order valence-electron chi connectivity index (χ1n) is 7.34. The van der Waals surface area contributed by atoms with E-state index in [1.54, 1.807) is 6.07 Å². The summed E-state index contributed by atoms with van der Waals surface area (Å²) in [6.07, 6.45) is -0.579. The average Bonchev–Trinajstić information content (AvgIpc) is 2.37. The van der Waals surface area contributed by atoms with Gasteiger partial charge in [-0.3, -0.25) is 4.79 Å². The molecule has 2 heterocycles. The predicted octanol–water partition coefficient (Wildman–Crippen LogP) is 4.10. The molecule has 2 nitrogen and oxygen atoms in total. The Hall–Kier alpha value is -1.52. The smallest absolute Gasteiger partial charge is 0.365 e. The fourth-order valence-electron chi connectivity index (χ4n) is 3.67. The molecule has 0 radical (unpaired) electrons. The molecular weight excluding hydrogens is 279 g/mol. The van der Waals surface area contributed by atoms with Crippen molar-refractivity contribution in [3.63, 3.8) is 0 Å². The van der Waals surface area contributed by atoms with E-state index < -0.39 is 11.7 Å². The summed E-state index contributed by atoms with van der Waals surface area (Å²) in [6, 6.07) is 4.66. The van der Waals surface area contributed by atoms with E-state index in [1.165, 1.54) is 19.1 Å². The Morgan fingerprint density at radius 2 is 1.76 bits per heavy atom. The minimum absolute atomic E-state index is 0.0637. The van der Waals surface area contributed by atoms with Crippen LogP contribution < -0.4 is 4.90 Å². The van der Waals surface area contributed by atoms with Crippen molar-refractivity contribution in [1.82, 2.24) is 0 Å². The van der Waals surface area contributed by atoms with Crippen LogP contribution in [0.3, 0.4) is 0 Å². The molecule has 2 fully saturated rings. The summed E-state index contributed by atoms with van der Waals surface area (Å²) in [5.74, 6) is 0.240. The summed E-state index contributed by atoms with van der Waals surface area (Å²) in [7, 11) is 0. The molecule has 2 bridgehead atoms. The fourth-order valence-corrected chi connectivity index (χ4v) is 3.67. The van der Waals surface area contributed by atoms with Crippen molar-refractivity contribution in [1.29, 1.82) is 0 Å². The largest absolute Gasteiger partial charge is 0.416 e. The van der Waals surface area contributed by atoms with Gasteiger partial charge in [0.05, 0.1) is 5.56 Å². The number of halogens is 3. The molecule has 1 aromatic rings. The third kappa shape index (κ3) is 2.65. The molecule has 2 saturated heterocycles. The molecule has 0 amide bonds. The Bertz CT molecular complexity index is 551. The van der Waals surface area contributed by atoms with E-state index in [0.29, 0.717) is 18.5 Å². The summed E-state index contributed by atoms with van der Waals surface area (Å²) < 4.78 is 39.2. The Morgan fingerprint density at radius 1 is 1.14 bits per heavy atom. The number of nitrogens with zero attached hydrogens (tertiary/aromatic N) is 1. The van der Waals surface area contributed by atoms with E-state index in [2.05, 4.69) is 4.90 Å². The van der Waals surface area contributed by atoms with Gasteiger partial charge in [-0.15, -0.1) is 0 Å². The third-order valence-corrected chi connectivity index (χ3v) is 4.61. The highest BCUT2D eigenvalue weighted by atomic mass is 19.4. The highest BCUT2D eigenvalue weighted by Crippen LogP contribution is 2.39. The number of hydrogen-bond donors (Lipinski definition) is 0. The Kier molecular flexibility index (Phi) is 3.46. The molecule has 0 spiro atoms. The maximum atomic E-state index is 13.1. The van der Waals surface area contributed by atoms with Gasteiger partial charge in [0.2, 0.25) is 0 Å². The first-order chi connectivity index (χ1) is 9.86. The zero-order chi connectivity index (χ0) is 15.2. The minimum Gasteiger partial charge on any atom is -0.365 e.